The zero-order chi connectivity index (χ0) is 15.0. The van der Waals surface area contributed by atoms with Gasteiger partial charge in [0.1, 0.15) is 17.1 Å². The van der Waals surface area contributed by atoms with Crippen LogP contribution in [0.4, 0.5) is 0 Å². The maximum absolute atomic E-state index is 11.2. The standard InChI is InChI=1S/C15H11ClN2O3/c1-21-12-6-5-8(16)7-10(12)14-17-11-4-2-3-9(15(19)20)13(11)18-14/h2-7H,1H3,(H,17,18)(H,19,20). The van der Waals surface area contributed by atoms with E-state index >= 15 is 0 Å². The quantitative estimate of drug-likeness (QED) is 0.775. The molecule has 0 spiro atoms. The zero-order valence-electron chi connectivity index (χ0n) is 11.1. The molecule has 0 atom stereocenters. The topological polar surface area (TPSA) is 75.2 Å². The van der Waals surface area contributed by atoms with Crippen LogP contribution in [0.2, 0.25) is 5.02 Å². The summed E-state index contributed by atoms with van der Waals surface area (Å²) in [6.45, 7) is 0. The first kappa shape index (κ1) is 13.5. The number of hydrogen-bond acceptors (Lipinski definition) is 3. The van der Waals surface area contributed by atoms with Crippen LogP contribution in [-0.4, -0.2) is 28.2 Å². The third kappa shape index (κ3) is 2.32. The van der Waals surface area contributed by atoms with Crippen molar-refractivity contribution in [3.63, 3.8) is 0 Å². The van der Waals surface area contributed by atoms with Crippen molar-refractivity contribution >= 4 is 28.6 Å². The molecule has 0 radical (unpaired) electrons. The summed E-state index contributed by atoms with van der Waals surface area (Å²) in [4.78, 5) is 18.7. The second-order valence-electron chi connectivity index (χ2n) is 4.44. The number of para-hydroxylation sites is 1. The third-order valence-corrected chi connectivity index (χ3v) is 3.39. The summed E-state index contributed by atoms with van der Waals surface area (Å²) in [5.41, 5.74) is 1.88. The molecule has 3 aromatic rings. The summed E-state index contributed by atoms with van der Waals surface area (Å²) in [7, 11) is 1.55. The number of carboxylic acids is 1. The fraction of sp³-hybridized carbons (Fsp3) is 0.0667. The van der Waals surface area contributed by atoms with E-state index in [1.165, 1.54) is 6.07 Å². The number of halogens is 1. The average Bonchev–Trinajstić information content (AvgIpc) is 2.90. The molecule has 2 aromatic carbocycles. The number of benzene rings is 2. The second kappa shape index (κ2) is 5.10. The van der Waals surface area contributed by atoms with Crippen molar-refractivity contribution in [1.29, 1.82) is 0 Å². The number of nitrogens with zero attached hydrogens (tertiary/aromatic N) is 1. The minimum atomic E-state index is -1.02. The second-order valence-corrected chi connectivity index (χ2v) is 4.87. The van der Waals surface area contributed by atoms with Crippen LogP contribution in [0.5, 0.6) is 5.75 Å². The summed E-state index contributed by atoms with van der Waals surface area (Å²) >= 11 is 6.01. The predicted octanol–water partition coefficient (Wildman–Crippen LogP) is 3.59. The molecule has 1 aromatic heterocycles. The lowest BCUT2D eigenvalue weighted by Crippen LogP contribution is -1.96. The molecular weight excluding hydrogens is 292 g/mol. The van der Waals surface area contributed by atoms with Gasteiger partial charge in [0.2, 0.25) is 0 Å². The summed E-state index contributed by atoms with van der Waals surface area (Å²) in [5, 5.41) is 9.75. The van der Waals surface area contributed by atoms with Crippen molar-refractivity contribution in [1.82, 2.24) is 9.97 Å². The molecule has 0 unspecified atom stereocenters. The maximum atomic E-state index is 11.2. The van der Waals surface area contributed by atoms with Crippen molar-refractivity contribution in [3.05, 3.63) is 47.0 Å². The van der Waals surface area contributed by atoms with E-state index in [1.54, 1.807) is 37.4 Å². The van der Waals surface area contributed by atoms with Gasteiger partial charge in [-0.2, -0.15) is 0 Å². The number of aromatic carboxylic acids is 1. The van der Waals surface area contributed by atoms with E-state index in [0.29, 0.717) is 33.2 Å². The first-order chi connectivity index (χ1) is 10.1. The molecule has 0 saturated heterocycles. The Bertz CT molecular complexity index is 842. The maximum Gasteiger partial charge on any atom is 0.337 e. The normalized spacial score (nSPS) is 10.8. The van der Waals surface area contributed by atoms with Crippen LogP contribution in [0.25, 0.3) is 22.4 Å². The van der Waals surface area contributed by atoms with Crippen LogP contribution in [0.1, 0.15) is 10.4 Å². The smallest absolute Gasteiger partial charge is 0.337 e. The van der Waals surface area contributed by atoms with Crippen LogP contribution >= 0.6 is 11.6 Å². The van der Waals surface area contributed by atoms with Gasteiger partial charge in [0.05, 0.1) is 23.8 Å². The molecule has 5 nitrogen and oxygen atoms in total. The van der Waals surface area contributed by atoms with Gasteiger partial charge in [0, 0.05) is 5.02 Å². The van der Waals surface area contributed by atoms with Crippen LogP contribution < -0.4 is 4.74 Å². The van der Waals surface area contributed by atoms with Crippen molar-refractivity contribution in [2.24, 2.45) is 0 Å². The first-order valence-corrected chi connectivity index (χ1v) is 6.54. The number of nitrogens with one attached hydrogen (secondary N) is 1. The number of carbonyl (C=O) groups is 1. The van der Waals surface area contributed by atoms with Gasteiger partial charge >= 0.3 is 5.97 Å². The molecule has 0 aliphatic rings. The van der Waals surface area contributed by atoms with Gasteiger partial charge in [-0.3, -0.25) is 0 Å². The Morgan fingerprint density at radius 1 is 1.33 bits per heavy atom. The number of fused-ring (bicyclic) bond motifs is 1. The molecule has 0 saturated carbocycles. The minimum Gasteiger partial charge on any atom is -0.496 e. The van der Waals surface area contributed by atoms with Gasteiger partial charge in [0.15, 0.2) is 0 Å². The fourth-order valence-corrected chi connectivity index (χ4v) is 2.37. The number of carboxylic acid groups (broad SMARTS) is 1. The van der Waals surface area contributed by atoms with Crippen LogP contribution in [0.15, 0.2) is 36.4 Å². The van der Waals surface area contributed by atoms with E-state index in [4.69, 9.17) is 16.3 Å². The molecule has 0 fully saturated rings. The highest BCUT2D eigenvalue weighted by atomic mass is 35.5. The van der Waals surface area contributed by atoms with Gasteiger partial charge in [-0.25, -0.2) is 9.78 Å². The number of hydrogen-bond donors (Lipinski definition) is 2. The van der Waals surface area contributed by atoms with Gasteiger partial charge in [-0.05, 0) is 30.3 Å². The summed E-state index contributed by atoms with van der Waals surface area (Å²) < 4.78 is 5.29. The molecule has 6 heteroatoms. The molecule has 1 heterocycles. The largest absolute Gasteiger partial charge is 0.496 e. The van der Waals surface area contributed by atoms with Crippen molar-refractivity contribution in [2.75, 3.05) is 7.11 Å². The van der Waals surface area contributed by atoms with Crippen molar-refractivity contribution in [3.8, 4) is 17.1 Å². The number of aromatic amines is 1. The Hall–Kier alpha value is -2.53. The van der Waals surface area contributed by atoms with E-state index in [9.17, 15) is 9.90 Å². The minimum absolute atomic E-state index is 0.149. The summed E-state index contributed by atoms with van der Waals surface area (Å²) in [5.74, 6) is 0.102. The van der Waals surface area contributed by atoms with Crippen molar-refractivity contribution < 1.29 is 14.6 Å². The number of rotatable bonds is 3. The Balaban J connectivity index is 2.25. The molecule has 2 N–H and O–H groups in total. The van der Waals surface area contributed by atoms with Crippen LogP contribution in [0.3, 0.4) is 0 Å². The average molecular weight is 303 g/mol. The first-order valence-electron chi connectivity index (χ1n) is 6.16. The lowest BCUT2D eigenvalue weighted by Gasteiger charge is -2.06. The number of H-pyrrole nitrogens is 1. The lowest BCUT2D eigenvalue weighted by molar-refractivity contribution is 0.0699. The van der Waals surface area contributed by atoms with E-state index in [-0.39, 0.29) is 5.56 Å². The molecule has 3 rings (SSSR count). The highest BCUT2D eigenvalue weighted by Crippen LogP contribution is 2.32. The Labute approximate surface area is 125 Å². The zero-order valence-corrected chi connectivity index (χ0v) is 11.8. The lowest BCUT2D eigenvalue weighted by atomic mass is 10.2. The SMILES string of the molecule is COc1ccc(Cl)cc1-c1nc2c(C(=O)O)cccc2[nH]1. The Morgan fingerprint density at radius 3 is 2.86 bits per heavy atom. The van der Waals surface area contributed by atoms with E-state index in [0.717, 1.165) is 0 Å². The van der Waals surface area contributed by atoms with Gasteiger partial charge < -0.3 is 14.8 Å². The van der Waals surface area contributed by atoms with E-state index < -0.39 is 5.97 Å². The molecule has 0 aliphatic heterocycles. The Kier molecular flexibility index (Phi) is 3.27. The molecule has 0 amide bonds. The van der Waals surface area contributed by atoms with E-state index in [1.807, 2.05) is 0 Å². The van der Waals surface area contributed by atoms with Crippen molar-refractivity contribution in [2.45, 2.75) is 0 Å². The molecule has 0 bridgehead atoms. The molecule has 106 valence electrons. The predicted molar refractivity (Wildman–Crippen MR) is 80.1 cm³/mol. The highest BCUT2D eigenvalue weighted by Gasteiger charge is 2.15. The molecular formula is C15H11ClN2O3. The summed E-state index contributed by atoms with van der Waals surface area (Å²) in [6, 6.07) is 10.1. The molecule has 21 heavy (non-hydrogen) atoms. The Morgan fingerprint density at radius 2 is 2.14 bits per heavy atom. The van der Waals surface area contributed by atoms with Gasteiger partial charge in [0.25, 0.3) is 0 Å². The number of aromatic nitrogens is 2. The van der Waals surface area contributed by atoms with Crippen LogP contribution in [-0.2, 0) is 0 Å². The van der Waals surface area contributed by atoms with Gasteiger partial charge in [-0.1, -0.05) is 17.7 Å². The number of methoxy groups -OCH3 is 1. The van der Waals surface area contributed by atoms with E-state index in [2.05, 4.69) is 9.97 Å². The fourth-order valence-electron chi connectivity index (χ4n) is 2.20. The number of imidazole rings is 1. The van der Waals surface area contributed by atoms with Crippen LogP contribution in [0, 0.1) is 0 Å². The third-order valence-electron chi connectivity index (χ3n) is 3.16. The number of ether oxygens (including phenoxy) is 1. The molecule has 0 aliphatic carbocycles. The van der Waals surface area contributed by atoms with Gasteiger partial charge in [-0.15, -0.1) is 0 Å². The highest BCUT2D eigenvalue weighted by molar-refractivity contribution is 6.31. The summed E-state index contributed by atoms with van der Waals surface area (Å²) in [6.07, 6.45) is 0. The monoisotopic (exact) mass is 302 g/mol.